The predicted octanol–water partition coefficient (Wildman–Crippen LogP) is 1.41. The predicted molar refractivity (Wildman–Crippen MR) is 81.8 cm³/mol. The Hall–Kier alpha value is -0.990. The molecule has 1 aliphatic heterocycles. The van der Waals surface area contributed by atoms with Gasteiger partial charge < -0.3 is 10.2 Å². The molecule has 0 aliphatic carbocycles. The minimum Gasteiger partial charge on any atom is -0.394 e. The van der Waals surface area contributed by atoms with Crippen molar-refractivity contribution in [3.05, 3.63) is 29.6 Å². The van der Waals surface area contributed by atoms with Crippen molar-refractivity contribution in [1.29, 1.82) is 0 Å². The van der Waals surface area contributed by atoms with E-state index in [1.807, 2.05) is 12.1 Å². The molecule has 2 aromatic rings. The standard InChI is InChI=1S/C14H17NO4S2/c1-14(9-16)6-10(17)7-15(14)21(18,19)13-8-20-12-5-3-2-4-11(12)13/h2-5,8,10,16-17H,6-7,9H2,1H3. The van der Waals surface area contributed by atoms with Gasteiger partial charge in [0.2, 0.25) is 10.0 Å². The summed E-state index contributed by atoms with van der Waals surface area (Å²) in [5, 5.41) is 21.7. The van der Waals surface area contributed by atoms with Gasteiger partial charge in [0.15, 0.2) is 0 Å². The van der Waals surface area contributed by atoms with Gasteiger partial charge in [-0.05, 0) is 19.4 Å². The first-order valence-electron chi connectivity index (χ1n) is 6.66. The van der Waals surface area contributed by atoms with Crippen molar-refractivity contribution in [2.75, 3.05) is 13.2 Å². The van der Waals surface area contributed by atoms with E-state index in [4.69, 9.17) is 0 Å². The van der Waals surface area contributed by atoms with Crippen LogP contribution >= 0.6 is 11.3 Å². The highest BCUT2D eigenvalue weighted by molar-refractivity contribution is 7.89. The summed E-state index contributed by atoms with van der Waals surface area (Å²) in [6, 6.07) is 7.33. The van der Waals surface area contributed by atoms with Gasteiger partial charge in [0, 0.05) is 22.0 Å². The van der Waals surface area contributed by atoms with Crippen LogP contribution in [0.2, 0.25) is 0 Å². The zero-order valence-corrected chi connectivity index (χ0v) is 13.2. The second-order valence-electron chi connectivity index (χ2n) is 5.65. The van der Waals surface area contributed by atoms with Crippen molar-refractivity contribution in [2.24, 2.45) is 0 Å². The number of benzene rings is 1. The van der Waals surface area contributed by atoms with Crippen molar-refractivity contribution < 1.29 is 18.6 Å². The van der Waals surface area contributed by atoms with Crippen LogP contribution in [0, 0.1) is 0 Å². The van der Waals surface area contributed by atoms with E-state index in [0.717, 1.165) is 4.70 Å². The first-order valence-corrected chi connectivity index (χ1v) is 8.98. The lowest BCUT2D eigenvalue weighted by atomic mass is 10.0. The summed E-state index contributed by atoms with van der Waals surface area (Å²) < 4.78 is 28.0. The topological polar surface area (TPSA) is 77.8 Å². The van der Waals surface area contributed by atoms with Crippen LogP contribution in [0.5, 0.6) is 0 Å². The molecule has 114 valence electrons. The van der Waals surface area contributed by atoms with Crippen LogP contribution in [-0.4, -0.2) is 47.7 Å². The van der Waals surface area contributed by atoms with Crippen LogP contribution in [0.15, 0.2) is 34.5 Å². The zero-order valence-electron chi connectivity index (χ0n) is 11.6. The van der Waals surface area contributed by atoms with Crippen LogP contribution < -0.4 is 0 Å². The number of rotatable bonds is 3. The van der Waals surface area contributed by atoms with Gasteiger partial charge in [-0.15, -0.1) is 11.3 Å². The SMILES string of the molecule is CC1(CO)CC(O)CN1S(=O)(=O)c1csc2ccccc12. The molecule has 1 aromatic carbocycles. The largest absolute Gasteiger partial charge is 0.394 e. The molecule has 2 atom stereocenters. The lowest BCUT2D eigenvalue weighted by molar-refractivity contribution is 0.131. The molecular formula is C14H17NO4S2. The summed E-state index contributed by atoms with van der Waals surface area (Å²) in [4.78, 5) is 0.247. The van der Waals surface area contributed by atoms with E-state index in [2.05, 4.69) is 0 Å². The smallest absolute Gasteiger partial charge is 0.245 e. The van der Waals surface area contributed by atoms with Crippen molar-refractivity contribution in [2.45, 2.75) is 29.9 Å². The molecule has 7 heteroatoms. The van der Waals surface area contributed by atoms with Gasteiger partial charge in [0.1, 0.15) is 4.90 Å². The molecule has 1 aliphatic rings. The third-order valence-electron chi connectivity index (χ3n) is 4.01. The molecule has 1 fully saturated rings. The third kappa shape index (κ3) is 2.29. The Labute approximate surface area is 127 Å². The van der Waals surface area contributed by atoms with Crippen molar-refractivity contribution >= 4 is 31.4 Å². The minimum absolute atomic E-state index is 0.0174. The number of β-amino-alcohol motifs (C(OH)–C–C–N with tert-alkyl or cyclic N) is 1. The van der Waals surface area contributed by atoms with E-state index in [1.165, 1.54) is 15.6 Å². The Morgan fingerprint density at radius 3 is 2.86 bits per heavy atom. The average Bonchev–Trinajstić information content (AvgIpc) is 3.01. The number of sulfonamides is 1. The van der Waals surface area contributed by atoms with E-state index in [-0.39, 0.29) is 24.5 Å². The molecule has 2 N–H and O–H groups in total. The van der Waals surface area contributed by atoms with Crippen molar-refractivity contribution in [3.63, 3.8) is 0 Å². The Bertz CT molecular complexity index is 770. The maximum Gasteiger partial charge on any atom is 0.245 e. The summed E-state index contributed by atoms with van der Waals surface area (Å²) in [6.07, 6.45) is -0.507. The van der Waals surface area contributed by atoms with Crippen LogP contribution in [0.1, 0.15) is 13.3 Å². The van der Waals surface area contributed by atoms with E-state index >= 15 is 0 Å². The quantitative estimate of drug-likeness (QED) is 0.893. The number of hydrogen-bond donors (Lipinski definition) is 2. The molecule has 0 saturated carbocycles. The molecule has 0 bridgehead atoms. The van der Waals surface area contributed by atoms with Crippen LogP contribution in [0.4, 0.5) is 0 Å². The van der Waals surface area contributed by atoms with Gasteiger partial charge >= 0.3 is 0 Å². The second-order valence-corrected chi connectivity index (χ2v) is 8.39. The van der Waals surface area contributed by atoms with Gasteiger partial charge in [0.25, 0.3) is 0 Å². The lowest BCUT2D eigenvalue weighted by Crippen LogP contribution is -2.47. The molecule has 0 radical (unpaired) electrons. The number of aliphatic hydroxyl groups excluding tert-OH is 2. The number of nitrogens with zero attached hydrogens (tertiary/aromatic N) is 1. The third-order valence-corrected chi connectivity index (χ3v) is 7.18. The van der Waals surface area contributed by atoms with Gasteiger partial charge in [0.05, 0.1) is 18.2 Å². The van der Waals surface area contributed by atoms with E-state index < -0.39 is 21.7 Å². The second kappa shape index (κ2) is 5.03. The maximum atomic E-state index is 12.9. The molecule has 5 nitrogen and oxygen atoms in total. The normalized spacial score (nSPS) is 27.5. The fraction of sp³-hybridized carbons (Fsp3) is 0.429. The Kier molecular flexibility index (Phi) is 3.58. The fourth-order valence-electron chi connectivity index (χ4n) is 2.89. The highest BCUT2D eigenvalue weighted by Gasteiger charge is 2.48. The molecule has 2 unspecified atom stereocenters. The molecule has 0 amide bonds. The first-order chi connectivity index (χ1) is 9.88. The van der Waals surface area contributed by atoms with Gasteiger partial charge in [-0.3, -0.25) is 0 Å². The van der Waals surface area contributed by atoms with Crippen LogP contribution in [0.3, 0.4) is 0 Å². The first kappa shape index (κ1) is 14.9. The van der Waals surface area contributed by atoms with E-state index in [9.17, 15) is 18.6 Å². The fourth-order valence-corrected chi connectivity index (χ4v) is 6.18. The summed E-state index contributed by atoms with van der Waals surface area (Å²) >= 11 is 1.38. The number of fused-ring (bicyclic) bond motifs is 1. The summed E-state index contributed by atoms with van der Waals surface area (Å²) in [5.41, 5.74) is -0.957. The van der Waals surface area contributed by atoms with Gasteiger partial charge in [-0.2, -0.15) is 4.31 Å². The van der Waals surface area contributed by atoms with Crippen molar-refractivity contribution in [1.82, 2.24) is 4.31 Å². The minimum atomic E-state index is -3.75. The van der Waals surface area contributed by atoms with Gasteiger partial charge in [-0.1, -0.05) is 18.2 Å². The highest BCUT2D eigenvalue weighted by atomic mass is 32.2. The van der Waals surface area contributed by atoms with Crippen molar-refractivity contribution in [3.8, 4) is 0 Å². The maximum absolute atomic E-state index is 12.9. The Balaban J connectivity index is 2.12. The molecule has 1 saturated heterocycles. The van der Waals surface area contributed by atoms with E-state index in [1.54, 1.807) is 24.4 Å². The molecule has 1 aromatic heterocycles. The summed E-state index contributed by atoms with van der Waals surface area (Å²) in [6.45, 7) is 1.37. The molecule has 21 heavy (non-hydrogen) atoms. The van der Waals surface area contributed by atoms with Gasteiger partial charge in [-0.25, -0.2) is 8.42 Å². The lowest BCUT2D eigenvalue weighted by Gasteiger charge is -2.31. The monoisotopic (exact) mass is 327 g/mol. The summed E-state index contributed by atoms with van der Waals surface area (Å²) in [5.74, 6) is 0. The number of hydrogen-bond acceptors (Lipinski definition) is 5. The number of thiophene rings is 1. The zero-order chi connectivity index (χ0) is 15.3. The van der Waals surface area contributed by atoms with Crippen LogP contribution in [-0.2, 0) is 10.0 Å². The molecule has 3 rings (SSSR count). The average molecular weight is 327 g/mol. The molecule has 2 heterocycles. The number of aliphatic hydroxyl groups is 2. The molecular weight excluding hydrogens is 310 g/mol. The highest BCUT2D eigenvalue weighted by Crippen LogP contribution is 2.38. The Morgan fingerprint density at radius 2 is 2.14 bits per heavy atom. The Morgan fingerprint density at radius 1 is 1.43 bits per heavy atom. The van der Waals surface area contributed by atoms with E-state index in [0.29, 0.717) is 5.39 Å². The van der Waals surface area contributed by atoms with Crippen LogP contribution in [0.25, 0.3) is 10.1 Å². The summed E-state index contributed by atoms with van der Waals surface area (Å²) in [7, 11) is -3.75. The molecule has 0 spiro atoms.